The summed E-state index contributed by atoms with van der Waals surface area (Å²) >= 11 is 0. The molecule has 3 heteroatoms. The summed E-state index contributed by atoms with van der Waals surface area (Å²) in [6, 6.07) is 0. The number of carboxylic acids is 1. The number of ketones is 1. The van der Waals surface area contributed by atoms with Crippen LogP contribution in [0.3, 0.4) is 0 Å². The number of carbonyl (C=O) groups excluding carboxylic acids is 1. The average Bonchev–Trinajstić information content (AvgIpc) is 3.01. The molecule has 2 saturated carbocycles. The molecule has 0 aromatic carbocycles. The number of hydrogen-bond acceptors (Lipinski definition) is 2. The van der Waals surface area contributed by atoms with E-state index in [4.69, 9.17) is 5.11 Å². The third-order valence-corrected chi connectivity index (χ3v) is 9.47. The van der Waals surface area contributed by atoms with Gasteiger partial charge in [-0.05, 0) is 85.5 Å². The van der Waals surface area contributed by atoms with Gasteiger partial charge in [0.05, 0.1) is 0 Å². The van der Waals surface area contributed by atoms with Gasteiger partial charge in [0, 0.05) is 11.8 Å². The van der Waals surface area contributed by atoms with Crippen molar-refractivity contribution in [1.82, 2.24) is 0 Å². The van der Waals surface area contributed by atoms with E-state index in [0.29, 0.717) is 36.0 Å². The molecule has 170 valence electrons. The maximum absolute atomic E-state index is 12.9. The highest BCUT2D eigenvalue weighted by molar-refractivity contribution is 5.95. The minimum Gasteiger partial charge on any atom is -0.481 e. The highest BCUT2D eigenvalue weighted by Gasteiger charge is 2.58. The first kappa shape index (κ1) is 23.5. The van der Waals surface area contributed by atoms with Gasteiger partial charge < -0.3 is 5.11 Å². The van der Waals surface area contributed by atoms with Gasteiger partial charge in [0.15, 0.2) is 5.78 Å². The monoisotopic (exact) mass is 416 g/mol. The van der Waals surface area contributed by atoms with Gasteiger partial charge in [-0.1, -0.05) is 60.0 Å². The van der Waals surface area contributed by atoms with Gasteiger partial charge in [-0.3, -0.25) is 9.59 Å². The Balaban J connectivity index is 1.73. The lowest BCUT2D eigenvalue weighted by atomic mass is 9.49. The van der Waals surface area contributed by atoms with Crippen molar-refractivity contribution in [2.75, 3.05) is 0 Å². The van der Waals surface area contributed by atoms with Gasteiger partial charge in [-0.2, -0.15) is 0 Å². The Morgan fingerprint density at radius 2 is 1.83 bits per heavy atom. The second-order valence-corrected chi connectivity index (χ2v) is 11.7. The zero-order valence-electron chi connectivity index (χ0n) is 20.0. The second-order valence-electron chi connectivity index (χ2n) is 11.7. The van der Waals surface area contributed by atoms with Crippen molar-refractivity contribution < 1.29 is 14.7 Å². The molecule has 0 aliphatic heterocycles. The minimum absolute atomic E-state index is 0.168. The molecular formula is C27H44O3. The van der Waals surface area contributed by atoms with Crippen LogP contribution in [0.1, 0.15) is 98.8 Å². The Kier molecular flexibility index (Phi) is 7.19. The predicted molar refractivity (Wildman–Crippen MR) is 122 cm³/mol. The van der Waals surface area contributed by atoms with Crippen LogP contribution in [0.25, 0.3) is 0 Å². The van der Waals surface area contributed by atoms with Crippen LogP contribution in [0.4, 0.5) is 0 Å². The van der Waals surface area contributed by atoms with Crippen molar-refractivity contribution in [2.45, 2.75) is 98.8 Å². The largest absolute Gasteiger partial charge is 0.481 e. The molecule has 7 atom stereocenters. The molecule has 0 spiro atoms. The second kappa shape index (κ2) is 9.17. The van der Waals surface area contributed by atoms with Gasteiger partial charge >= 0.3 is 5.97 Å². The summed E-state index contributed by atoms with van der Waals surface area (Å²) in [7, 11) is 0. The van der Waals surface area contributed by atoms with Crippen molar-refractivity contribution in [3.05, 3.63) is 12.2 Å². The normalized spacial score (nSPS) is 39.1. The summed E-state index contributed by atoms with van der Waals surface area (Å²) in [6.07, 6.45) is 14.6. The van der Waals surface area contributed by atoms with Crippen molar-refractivity contribution in [1.29, 1.82) is 0 Å². The lowest BCUT2D eigenvalue weighted by Gasteiger charge is -2.54. The van der Waals surface area contributed by atoms with E-state index in [1.807, 2.05) is 6.08 Å². The Hall–Kier alpha value is -1.12. The molecule has 3 aliphatic rings. The molecule has 1 N–H and O–H groups in total. The molecule has 0 radical (unpaired) electrons. The van der Waals surface area contributed by atoms with E-state index in [1.165, 1.54) is 38.5 Å². The maximum Gasteiger partial charge on any atom is 0.303 e. The van der Waals surface area contributed by atoms with Crippen LogP contribution in [0.2, 0.25) is 0 Å². The number of hydrogen-bond donors (Lipinski definition) is 1. The Morgan fingerprint density at radius 1 is 1.10 bits per heavy atom. The van der Waals surface area contributed by atoms with Crippen LogP contribution in [0, 0.1) is 46.3 Å². The highest BCUT2D eigenvalue weighted by atomic mass is 16.4. The van der Waals surface area contributed by atoms with E-state index in [0.717, 1.165) is 24.2 Å². The van der Waals surface area contributed by atoms with Crippen LogP contribution in [-0.4, -0.2) is 16.9 Å². The number of aliphatic carboxylic acids is 1. The zero-order chi connectivity index (χ0) is 22.1. The summed E-state index contributed by atoms with van der Waals surface area (Å²) in [5.41, 5.74) is 0.0162. The van der Waals surface area contributed by atoms with E-state index < -0.39 is 5.97 Å². The quantitative estimate of drug-likeness (QED) is 0.444. The Bertz CT molecular complexity index is 665. The standard InChI is InChI=1S/C27H44O3/c1-18(2)8-6-9-19(3)21-12-13-22-20-11-14-24(28)27(5,16-7-10-25(29)30)23(20)15-17-26(21,22)4/h11,14,18-23H,6-10,12-13,15-17H2,1-5H3,(H,29,30). The van der Waals surface area contributed by atoms with Crippen LogP contribution in [-0.2, 0) is 9.59 Å². The molecule has 0 saturated heterocycles. The summed E-state index contributed by atoms with van der Waals surface area (Å²) in [4.78, 5) is 23.9. The van der Waals surface area contributed by atoms with E-state index >= 15 is 0 Å². The van der Waals surface area contributed by atoms with E-state index in [2.05, 4.69) is 40.7 Å². The van der Waals surface area contributed by atoms with Crippen molar-refractivity contribution >= 4 is 11.8 Å². The molecule has 3 rings (SSSR count). The molecular weight excluding hydrogens is 372 g/mol. The first-order valence-corrected chi connectivity index (χ1v) is 12.5. The van der Waals surface area contributed by atoms with Crippen LogP contribution in [0.5, 0.6) is 0 Å². The van der Waals surface area contributed by atoms with Gasteiger partial charge in [0.25, 0.3) is 0 Å². The fourth-order valence-corrected chi connectivity index (χ4v) is 7.72. The third kappa shape index (κ3) is 4.41. The van der Waals surface area contributed by atoms with Crippen LogP contribution >= 0.6 is 0 Å². The van der Waals surface area contributed by atoms with Crippen LogP contribution < -0.4 is 0 Å². The Labute approximate surface area is 184 Å². The topological polar surface area (TPSA) is 54.4 Å². The molecule has 0 amide bonds. The molecule has 0 bridgehead atoms. The molecule has 3 nitrogen and oxygen atoms in total. The van der Waals surface area contributed by atoms with E-state index in [1.54, 1.807) is 0 Å². The fraction of sp³-hybridized carbons (Fsp3) is 0.852. The maximum atomic E-state index is 12.9. The lowest BCUT2D eigenvalue weighted by molar-refractivity contribution is -0.139. The first-order chi connectivity index (χ1) is 14.1. The molecule has 0 heterocycles. The van der Waals surface area contributed by atoms with Gasteiger partial charge in [-0.25, -0.2) is 0 Å². The van der Waals surface area contributed by atoms with Gasteiger partial charge in [-0.15, -0.1) is 0 Å². The Morgan fingerprint density at radius 3 is 2.50 bits per heavy atom. The molecule has 0 aromatic rings. The van der Waals surface area contributed by atoms with Crippen LogP contribution in [0.15, 0.2) is 12.2 Å². The summed E-state index contributed by atoms with van der Waals surface area (Å²) in [5, 5.41) is 9.06. The zero-order valence-corrected chi connectivity index (χ0v) is 20.0. The fourth-order valence-electron chi connectivity index (χ4n) is 7.72. The smallest absolute Gasteiger partial charge is 0.303 e. The minimum atomic E-state index is -0.754. The number of carbonyl (C=O) groups is 2. The number of rotatable bonds is 9. The van der Waals surface area contributed by atoms with E-state index in [-0.39, 0.29) is 17.6 Å². The molecule has 0 aromatic heterocycles. The number of fused-ring (bicyclic) bond motifs is 3. The van der Waals surface area contributed by atoms with E-state index in [9.17, 15) is 9.59 Å². The summed E-state index contributed by atoms with van der Waals surface area (Å²) < 4.78 is 0. The first-order valence-electron chi connectivity index (χ1n) is 12.5. The van der Waals surface area contributed by atoms with Crippen molar-refractivity contribution in [2.24, 2.45) is 46.3 Å². The lowest BCUT2D eigenvalue weighted by Crippen LogP contribution is -2.50. The predicted octanol–water partition coefficient (Wildman–Crippen LogP) is 6.91. The summed E-state index contributed by atoms with van der Waals surface area (Å²) in [6.45, 7) is 11.8. The molecule has 2 fully saturated rings. The van der Waals surface area contributed by atoms with Crippen molar-refractivity contribution in [3.63, 3.8) is 0 Å². The SMILES string of the molecule is CC(C)CCCC(C)C1CCC2C3C=CC(=O)C(C)(CCCC(=O)O)C3CCC12C. The number of allylic oxidation sites excluding steroid dienone is 2. The highest BCUT2D eigenvalue weighted by Crippen LogP contribution is 2.64. The summed E-state index contributed by atoms with van der Waals surface area (Å²) in [5.74, 6) is 3.41. The molecule has 7 unspecified atom stereocenters. The third-order valence-electron chi connectivity index (χ3n) is 9.47. The van der Waals surface area contributed by atoms with Crippen molar-refractivity contribution in [3.8, 4) is 0 Å². The van der Waals surface area contributed by atoms with Gasteiger partial charge in [0.1, 0.15) is 0 Å². The number of carboxylic acid groups (broad SMARTS) is 1. The molecule has 30 heavy (non-hydrogen) atoms. The molecule has 3 aliphatic carbocycles. The average molecular weight is 417 g/mol. The van der Waals surface area contributed by atoms with Gasteiger partial charge in [0.2, 0.25) is 0 Å².